The van der Waals surface area contributed by atoms with Crippen LogP contribution in [0.25, 0.3) is 21.9 Å². The van der Waals surface area contributed by atoms with E-state index in [4.69, 9.17) is 11.0 Å². The topological polar surface area (TPSA) is 108 Å². The third kappa shape index (κ3) is 4.57. The molecule has 9 nitrogen and oxygen atoms in total. The molecule has 0 spiro atoms. The molecule has 2 aliphatic rings. The number of hydrogen-bond donors (Lipinski definition) is 1. The summed E-state index contributed by atoms with van der Waals surface area (Å²) in [4.78, 5) is 43.7. The van der Waals surface area contributed by atoms with E-state index in [9.17, 15) is 19.5 Å². The highest BCUT2D eigenvalue weighted by Gasteiger charge is 2.34. The Morgan fingerprint density at radius 2 is 1.73 bits per heavy atom. The molecule has 0 radical (unpaired) electrons. The third-order valence-electron chi connectivity index (χ3n) is 7.02. The maximum atomic E-state index is 13.0. The quantitative estimate of drug-likeness (QED) is 0.192. The van der Waals surface area contributed by atoms with Crippen molar-refractivity contribution in [1.29, 1.82) is 0 Å². The van der Waals surface area contributed by atoms with E-state index in [0.29, 0.717) is 16.7 Å². The summed E-state index contributed by atoms with van der Waals surface area (Å²) >= 11 is 0. The normalized spacial score (nSPS) is 15.8. The van der Waals surface area contributed by atoms with Crippen LogP contribution in [0.2, 0.25) is 0 Å². The fourth-order valence-electron chi connectivity index (χ4n) is 5.13. The van der Waals surface area contributed by atoms with E-state index < -0.39 is 23.2 Å². The molecule has 200 valence electrons. The summed E-state index contributed by atoms with van der Waals surface area (Å²) in [6, 6.07) is 22.1. The van der Waals surface area contributed by atoms with Crippen molar-refractivity contribution < 1.29 is 19.1 Å². The molecule has 0 saturated carbocycles. The fraction of sp³-hybridized carbons (Fsp3) is 0.0938. The fourth-order valence-corrected chi connectivity index (χ4v) is 5.13. The van der Waals surface area contributed by atoms with E-state index in [1.807, 2.05) is 42.5 Å². The van der Waals surface area contributed by atoms with Gasteiger partial charge in [0.05, 0.1) is 23.4 Å². The van der Waals surface area contributed by atoms with Gasteiger partial charge in [-0.1, -0.05) is 54.6 Å². The Balaban J connectivity index is 1.39. The van der Waals surface area contributed by atoms with Gasteiger partial charge in [0, 0.05) is 29.4 Å². The predicted octanol–water partition coefficient (Wildman–Crippen LogP) is 5.86. The van der Waals surface area contributed by atoms with E-state index in [1.165, 1.54) is 18.2 Å². The van der Waals surface area contributed by atoms with Crippen molar-refractivity contribution in [1.82, 2.24) is 0 Å². The minimum absolute atomic E-state index is 0.0131. The van der Waals surface area contributed by atoms with E-state index in [2.05, 4.69) is 14.8 Å². The number of fused-ring (bicyclic) bond motifs is 2. The molecule has 0 saturated heterocycles. The van der Waals surface area contributed by atoms with Crippen LogP contribution in [0, 0.1) is 6.57 Å². The van der Waals surface area contributed by atoms with Gasteiger partial charge < -0.3 is 14.4 Å². The molecule has 41 heavy (non-hydrogen) atoms. The summed E-state index contributed by atoms with van der Waals surface area (Å²) in [6.45, 7) is 8.67. The molecular formula is C32H22N4O5. The van der Waals surface area contributed by atoms with Gasteiger partial charge in [-0.3, -0.25) is 4.79 Å². The summed E-state index contributed by atoms with van der Waals surface area (Å²) in [6.07, 6.45) is 5.75. The molecule has 0 fully saturated rings. The molecule has 0 aliphatic carbocycles. The van der Waals surface area contributed by atoms with Crippen LogP contribution in [-0.4, -0.2) is 29.2 Å². The van der Waals surface area contributed by atoms with Crippen molar-refractivity contribution in [2.24, 2.45) is 5.10 Å². The van der Waals surface area contributed by atoms with Gasteiger partial charge >= 0.3 is 11.6 Å². The highest BCUT2D eigenvalue weighted by atomic mass is 16.4. The first-order valence-corrected chi connectivity index (χ1v) is 12.9. The summed E-state index contributed by atoms with van der Waals surface area (Å²) in [5.74, 6) is -1.98. The Labute approximate surface area is 234 Å². The summed E-state index contributed by atoms with van der Waals surface area (Å²) in [5, 5.41) is 15.1. The zero-order valence-corrected chi connectivity index (χ0v) is 21.7. The van der Waals surface area contributed by atoms with Crippen molar-refractivity contribution in [3.63, 3.8) is 0 Å². The van der Waals surface area contributed by atoms with Crippen LogP contribution in [0.5, 0.6) is 0 Å². The summed E-state index contributed by atoms with van der Waals surface area (Å²) in [7, 11) is 0. The van der Waals surface area contributed by atoms with Crippen LogP contribution in [-0.2, 0) is 16.0 Å². The van der Waals surface area contributed by atoms with Gasteiger partial charge in [0.15, 0.2) is 5.71 Å². The number of hydrazone groups is 1. The number of carboxylic acids is 1. The monoisotopic (exact) mass is 542 g/mol. The number of benzene rings is 3. The van der Waals surface area contributed by atoms with E-state index >= 15 is 0 Å². The first-order chi connectivity index (χ1) is 20.0. The van der Waals surface area contributed by atoms with Crippen LogP contribution in [0.15, 0.2) is 105 Å². The first-order valence-electron chi connectivity index (χ1n) is 12.9. The zero-order valence-electron chi connectivity index (χ0n) is 21.7. The average Bonchev–Trinajstić information content (AvgIpc) is 3.33. The number of aliphatic carboxylic acids is 1. The molecule has 0 atom stereocenters. The van der Waals surface area contributed by atoms with Gasteiger partial charge in [0.2, 0.25) is 5.69 Å². The molecule has 4 aromatic rings. The number of nitrogens with zero attached hydrogens (tertiary/aromatic N) is 4. The molecule has 9 heteroatoms. The van der Waals surface area contributed by atoms with Crippen molar-refractivity contribution in [3.8, 4) is 0 Å². The smallest absolute Gasteiger partial charge is 0.357 e. The Hall–Kier alpha value is -5.75. The molecule has 1 amide bonds. The van der Waals surface area contributed by atoms with Gasteiger partial charge in [0.25, 0.3) is 5.91 Å². The Morgan fingerprint density at radius 3 is 2.41 bits per heavy atom. The highest BCUT2D eigenvalue weighted by Crippen LogP contribution is 2.39. The number of hydrogen-bond acceptors (Lipinski definition) is 6. The lowest BCUT2D eigenvalue weighted by molar-refractivity contribution is -0.129. The highest BCUT2D eigenvalue weighted by molar-refractivity contribution is 6.52. The zero-order chi connectivity index (χ0) is 28.5. The maximum absolute atomic E-state index is 13.0. The van der Waals surface area contributed by atoms with Gasteiger partial charge in [-0.15, -0.1) is 0 Å². The third-order valence-corrected chi connectivity index (χ3v) is 7.02. The van der Waals surface area contributed by atoms with Crippen LogP contribution >= 0.6 is 0 Å². The predicted molar refractivity (Wildman–Crippen MR) is 157 cm³/mol. The first kappa shape index (κ1) is 25.5. The number of carbonyl (C=O) groups is 2. The van der Waals surface area contributed by atoms with E-state index in [-0.39, 0.29) is 16.8 Å². The molecule has 6 rings (SSSR count). The molecule has 0 bridgehead atoms. The lowest BCUT2D eigenvalue weighted by Gasteiger charge is -2.31. The number of rotatable bonds is 5. The number of allylic oxidation sites excluding steroid dienone is 2. The number of anilines is 3. The standard InChI is InChI=1S/C32H22N4O5/c1-33-28-24(16-8-15-23-29(31(38)39)34-36(30(23)37)22-13-6-3-7-14-22)32(40)41-27-19-26-20(18-25(27)28)10-9-17-35(26)21-11-4-2-5-12-21/h2-8,11-16,18-19H,9-10,17H2,(H,38,39)/b16-8+,23-15-. The number of carboxylic acid groups (broad SMARTS) is 1. The van der Waals surface area contributed by atoms with Gasteiger partial charge in [-0.2, -0.15) is 10.1 Å². The van der Waals surface area contributed by atoms with Crippen LogP contribution in [0.1, 0.15) is 17.5 Å². The lowest BCUT2D eigenvalue weighted by Crippen LogP contribution is -2.24. The molecule has 0 unspecified atom stereocenters. The minimum atomic E-state index is -1.36. The number of aryl methyl sites for hydroxylation is 1. The summed E-state index contributed by atoms with van der Waals surface area (Å²) in [5.41, 5.74) is 2.59. The van der Waals surface area contributed by atoms with Crippen molar-refractivity contribution in [3.05, 3.63) is 123 Å². The second-order valence-corrected chi connectivity index (χ2v) is 9.48. The molecular weight excluding hydrogens is 520 g/mol. The average molecular weight is 543 g/mol. The Morgan fingerprint density at radius 1 is 1.02 bits per heavy atom. The molecule has 2 aliphatic heterocycles. The molecule has 3 heterocycles. The molecule has 1 aromatic heterocycles. The lowest BCUT2D eigenvalue weighted by atomic mass is 9.97. The van der Waals surface area contributed by atoms with Gasteiger partial charge in [-0.25, -0.2) is 14.4 Å². The van der Waals surface area contributed by atoms with Gasteiger partial charge in [0.1, 0.15) is 5.58 Å². The van der Waals surface area contributed by atoms with Crippen molar-refractivity contribution >= 4 is 57.4 Å². The van der Waals surface area contributed by atoms with Crippen LogP contribution < -0.4 is 15.5 Å². The maximum Gasteiger partial charge on any atom is 0.357 e. The van der Waals surface area contributed by atoms with Crippen LogP contribution in [0.3, 0.4) is 0 Å². The van der Waals surface area contributed by atoms with E-state index in [1.54, 1.807) is 30.3 Å². The SMILES string of the molecule is [C-]#[N+]c1c(/C=C/C=C2\C(=O)N(c3ccccc3)N=C2C(=O)O)c(=O)oc2cc3c(cc12)CCCN3c1ccccc1. The molecule has 3 aromatic carbocycles. The number of para-hydroxylation sites is 2. The molecule has 1 N–H and O–H groups in total. The number of amides is 1. The summed E-state index contributed by atoms with van der Waals surface area (Å²) < 4.78 is 5.67. The number of carbonyl (C=O) groups excluding carboxylic acids is 1. The second-order valence-electron chi connectivity index (χ2n) is 9.48. The van der Waals surface area contributed by atoms with Crippen molar-refractivity contribution in [2.45, 2.75) is 12.8 Å². The second kappa shape index (κ2) is 10.4. The Bertz CT molecular complexity index is 1900. The minimum Gasteiger partial charge on any atom is -0.476 e. The Kier molecular flexibility index (Phi) is 6.49. The van der Waals surface area contributed by atoms with E-state index in [0.717, 1.165) is 41.3 Å². The van der Waals surface area contributed by atoms with Crippen LogP contribution in [0.4, 0.5) is 22.7 Å². The van der Waals surface area contributed by atoms with Gasteiger partial charge in [-0.05, 0) is 48.7 Å². The van der Waals surface area contributed by atoms with Crippen molar-refractivity contribution in [2.75, 3.05) is 16.5 Å². The largest absolute Gasteiger partial charge is 0.476 e.